The SMILES string of the molecule is O=C(O)C1CN(C(=O)OCC2c3ccccc3-c3ccccc32)CCS1(=O)=O. The molecule has 1 atom stereocenters. The fourth-order valence-corrected chi connectivity index (χ4v) is 5.34. The molecule has 0 spiro atoms. The Hall–Kier alpha value is -2.87. The Morgan fingerprint density at radius 1 is 1.04 bits per heavy atom. The molecule has 2 aliphatic rings. The Bertz CT molecular complexity index is 1000. The minimum atomic E-state index is -3.75. The Balaban J connectivity index is 1.49. The van der Waals surface area contributed by atoms with Crippen LogP contribution in [-0.4, -0.2) is 61.2 Å². The summed E-state index contributed by atoms with van der Waals surface area (Å²) in [6, 6.07) is 15.9. The number of rotatable bonds is 3. The quantitative estimate of drug-likeness (QED) is 0.845. The molecule has 1 unspecified atom stereocenters. The lowest BCUT2D eigenvalue weighted by atomic mass is 9.98. The van der Waals surface area contributed by atoms with Crippen molar-refractivity contribution in [1.29, 1.82) is 0 Å². The number of ether oxygens (including phenoxy) is 1. The zero-order valence-corrected chi connectivity index (χ0v) is 15.8. The molecule has 1 fully saturated rings. The molecule has 1 aliphatic carbocycles. The first-order valence-electron chi connectivity index (χ1n) is 8.93. The van der Waals surface area contributed by atoms with Crippen LogP contribution < -0.4 is 0 Å². The van der Waals surface area contributed by atoms with Crippen molar-refractivity contribution in [3.8, 4) is 11.1 Å². The van der Waals surface area contributed by atoms with E-state index in [0.29, 0.717) is 0 Å². The lowest BCUT2D eigenvalue weighted by Crippen LogP contribution is -2.52. The summed E-state index contributed by atoms with van der Waals surface area (Å²) in [5.41, 5.74) is 4.35. The van der Waals surface area contributed by atoms with Crippen LogP contribution in [0.15, 0.2) is 48.5 Å². The fraction of sp³-hybridized carbons (Fsp3) is 0.300. The molecular formula is C20H19NO6S. The molecule has 8 heteroatoms. The summed E-state index contributed by atoms with van der Waals surface area (Å²) >= 11 is 0. The van der Waals surface area contributed by atoms with Gasteiger partial charge < -0.3 is 14.7 Å². The first-order chi connectivity index (χ1) is 13.4. The first-order valence-corrected chi connectivity index (χ1v) is 10.6. The van der Waals surface area contributed by atoms with Gasteiger partial charge in [0.05, 0.1) is 12.3 Å². The molecule has 0 aromatic heterocycles. The molecule has 2 aromatic carbocycles. The van der Waals surface area contributed by atoms with Crippen LogP contribution in [-0.2, 0) is 19.4 Å². The van der Waals surface area contributed by atoms with Gasteiger partial charge in [0.15, 0.2) is 15.1 Å². The number of nitrogens with zero attached hydrogens (tertiary/aromatic N) is 1. The molecule has 7 nitrogen and oxygen atoms in total. The second kappa shape index (κ2) is 6.94. The van der Waals surface area contributed by atoms with Crippen LogP contribution in [0.25, 0.3) is 11.1 Å². The van der Waals surface area contributed by atoms with Gasteiger partial charge in [-0.15, -0.1) is 0 Å². The Morgan fingerprint density at radius 2 is 1.61 bits per heavy atom. The number of amides is 1. The Labute approximate surface area is 162 Å². The number of hydrogen-bond donors (Lipinski definition) is 1. The number of benzene rings is 2. The zero-order chi connectivity index (χ0) is 19.9. The van der Waals surface area contributed by atoms with E-state index in [1.165, 1.54) is 0 Å². The second-order valence-corrected chi connectivity index (χ2v) is 9.25. The standard InChI is InChI=1S/C20H19NO6S/c22-19(23)18-11-21(9-10-28(18,25)26)20(24)27-12-17-15-7-3-1-5-13(15)14-6-2-4-8-16(14)17/h1-8,17-18H,9-12H2,(H,22,23). The van der Waals surface area contributed by atoms with Crippen LogP contribution in [0, 0.1) is 0 Å². The highest BCUT2D eigenvalue weighted by atomic mass is 32.2. The smallest absolute Gasteiger partial charge is 0.409 e. The molecule has 2 aromatic rings. The topological polar surface area (TPSA) is 101 Å². The van der Waals surface area contributed by atoms with E-state index in [-0.39, 0.29) is 24.8 Å². The van der Waals surface area contributed by atoms with Crippen LogP contribution in [0.1, 0.15) is 17.0 Å². The van der Waals surface area contributed by atoms with Gasteiger partial charge in [0.1, 0.15) is 6.61 Å². The van der Waals surface area contributed by atoms with Crippen LogP contribution in [0.5, 0.6) is 0 Å². The van der Waals surface area contributed by atoms with Gasteiger partial charge in [-0.1, -0.05) is 48.5 Å². The molecule has 4 rings (SSSR count). The predicted octanol–water partition coefficient (Wildman–Crippen LogP) is 2.12. The number of carboxylic acids is 1. The van der Waals surface area contributed by atoms with Crippen molar-refractivity contribution in [2.75, 3.05) is 25.4 Å². The Kier molecular flexibility index (Phi) is 4.58. The molecule has 1 amide bonds. The summed E-state index contributed by atoms with van der Waals surface area (Å²) in [6.07, 6.45) is -0.692. The normalized spacial score (nSPS) is 20.3. The van der Waals surface area contributed by atoms with Crippen molar-refractivity contribution in [3.63, 3.8) is 0 Å². The minimum absolute atomic E-state index is 0.0667. The van der Waals surface area contributed by atoms with Crippen molar-refractivity contribution in [2.45, 2.75) is 11.2 Å². The van der Waals surface area contributed by atoms with Crippen LogP contribution >= 0.6 is 0 Å². The first kappa shape index (κ1) is 18.5. The summed E-state index contributed by atoms with van der Waals surface area (Å²) < 4.78 is 29.2. The van der Waals surface area contributed by atoms with Gasteiger partial charge >= 0.3 is 12.1 Å². The molecule has 1 heterocycles. The lowest BCUT2D eigenvalue weighted by Gasteiger charge is -2.30. The van der Waals surface area contributed by atoms with Crippen LogP contribution in [0.4, 0.5) is 4.79 Å². The van der Waals surface area contributed by atoms with Gasteiger partial charge in [0, 0.05) is 12.5 Å². The number of aliphatic carboxylic acids is 1. The van der Waals surface area contributed by atoms with E-state index in [9.17, 15) is 18.0 Å². The van der Waals surface area contributed by atoms with E-state index in [2.05, 4.69) is 0 Å². The van der Waals surface area contributed by atoms with Gasteiger partial charge in [-0.05, 0) is 22.3 Å². The van der Waals surface area contributed by atoms with Crippen LogP contribution in [0.2, 0.25) is 0 Å². The van der Waals surface area contributed by atoms with Crippen LogP contribution in [0.3, 0.4) is 0 Å². The highest BCUT2D eigenvalue weighted by Gasteiger charge is 2.40. The third-order valence-electron chi connectivity index (χ3n) is 5.34. The highest BCUT2D eigenvalue weighted by Crippen LogP contribution is 2.44. The van der Waals surface area contributed by atoms with Crippen molar-refractivity contribution < 1.29 is 27.9 Å². The maximum atomic E-state index is 12.5. The van der Waals surface area contributed by atoms with Crippen molar-refractivity contribution in [3.05, 3.63) is 59.7 Å². The average molecular weight is 401 g/mol. The maximum Gasteiger partial charge on any atom is 0.409 e. The van der Waals surface area contributed by atoms with E-state index in [0.717, 1.165) is 27.2 Å². The summed E-state index contributed by atoms with van der Waals surface area (Å²) in [5.74, 6) is -1.94. The predicted molar refractivity (Wildman–Crippen MR) is 102 cm³/mol. The van der Waals surface area contributed by atoms with E-state index >= 15 is 0 Å². The number of carbonyl (C=O) groups is 2. The largest absolute Gasteiger partial charge is 0.480 e. The Morgan fingerprint density at radius 3 is 2.18 bits per heavy atom. The lowest BCUT2D eigenvalue weighted by molar-refractivity contribution is -0.136. The number of carboxylic acid groups (broad SMARTS) is 1. The van der Waals surface area contributed by atoms with Gasteiger partial charge in [0.25, 0.3) is 0 Å². The third-order valence-corrected chi connectivity index (χ3v) is 7.30. The molecular weight excluding hydrogens is 382 g/mol. The summed E-state index contributed by atoms with van der Waals surface area (Å²) in [5, 5.41) is 7.53. The van der Waals surface area contributed by atoms with Crippen molar-refractivity contribution in [1.82, 2.24) is 4.90 Å². The van der Waals surface area contributed by atoms with Gasteiger partial charge in [-0.25, -0.2) is 13.2 Å². The molecule has 0 radical (unpaired) electrons. The van der Waals surface area contributed by atoms with E-state index < -0.39 is 33.7 Å². The minimum Gasteiger partial charge on any atom is -0.480 e. The molecule has 0 bridgehead atoms. The van der Waals surface area contributed by atoms with Gasteiger partial charge in [-0.3, -0.25) is 4.79 Å². The summed E-state index contributed by atoms with van der Waals surface area (Å²) in [7, 11) is -3.75. The summed E-state index contributed by atoms with van der Waals surface area (Å²) in [4.78, 5) is 24.9. The van der Waals surface area contributed by atoms with Gasteiger partial charge in [0.2, 0.25) is 0 Å². The third kappa shape index (κ3) is 3.13. The van der Waals surface area contributed by atoms with E-state index in [1.54, 1.807) is 0 Å². The molecule has 1 saturated heterocycles. The van der Waals surface area contributed by atoms with E-state index in [1.807, 2.05) is 48.5 Å². The second-order valence-electron chi connectivity index (χ2n) is 6.94. The average Bonchev–Trinajstić information content (AvgIpc) is 2.99. The number of sulfone groups is 1. The fourth-order valence-electron chi connectivity index (χ4n) is 3.87. The van der Waals surface area contributed by atoms with E-state index in [4.69, 9.17) is 9.84 Å². The molecule has 146 valence electrons. The monoisotopic (exact) mass is 401 g/mol. The number of carbonyl (C=O) groups excluding carboxylic acids is 1. The summed E-state index contributed by atoms with van der Waals surface area (Å²) in [6.45, 7) is -0.356. The zero-order valence-electron chi connectivity index (χ0n) is 14.9. The molecule has 1 aliphatic heterocycles. The molecule has 28 heavy (non-hydrogen) atoms. The number of fused-ring (bicyclic) bond motifs is 3. The molecule has 1 N–H and O–H groups in total. The number of hydrogen-bond acceptors (Lipinski definition) is 5. The maximum absolute atomic E-state index is 12.5. The van der Waals surface area contributed by atoms with Crippen molar-refractivity contribution in [2.24, 2.45) is 0 Å². The van der Waals surface area contributed by atoms with Gasteiger partial charge in [-0.2, -0.15) is 0 Å². The molecule has 0 saturated carbocycles. The van der Waals surface area contributed by atoms with Crippen molar-refractivity contribution >= 4 is 21.9 Å². The highest BCUT2D eigenvalue weighted by molar-refractivity contribution is 7.92.